The first-order valence-electron chi connectivity index (χ1n) is 8.16. The smallest absolute Gasteiger partial charge is 0.119 e. The van der Waals surface area contributed by atoms with Crippen LogP contribution in [0.25, 0.3) is 0 Å². The molecule has 4 heteroatoms. The van der Waals surface area contributed by atoms with Gasteiger partial charge < -0.3 is 15.4 Å². The first-order valence-corrected chi connectivity index (χ1v) is 8.53. The monoisotopic (exact) mass is 332 g/mol. The van der Waals surface area contributed by atoms with Crippen LogP contribution in [0.15, 0.2) is 42.5 Å². The second kappa shape index (κ2) is 9.31. The summed E-state index contributed by atoms with van der Waals surface area (Å²) in [4.78, 5) is 0. The second-order valence-electron chi connectivity index (χ2n) is 5.54. The molecule has 0 atom stereocenters. The predicted octanol–water partition coefficient (Wildman–Crippen LogP) is 5.35. The Morgan fingerprint density at radius 3 is 2.26 bits per heavy atom. The SMILES string of the molecule is CCCCOc1ccc(NCCNc2ccc(C)c(Cl)c2)cc1. The van der Waals surface area contributed by atoms with Gasteiger partial charge in [-0.1, -0.05) is 31.0 Å². The molecule has 0 saturated carbocycles. The van der Waals surface area contributed by atoms with Gasteiger partial charge >= 0.3 is 0 Å². The summed E-state index contributed by atoms with van der Waals surface area (Å²) in [5.41, 5.74) is 3.23. The Morgan fingerprint density at radius 1 is 0.957 bits per heavy atom. The summed E-state index contributed by atoms with van der Waals surface area (Å²) in [6, 6.07) is 14.1. The number of hydrogen-bond donors (Lipinski definition) is 2. The zero-order valence-corrected chi connectivity index (χ0v) is 14.6. The van der Waals surface area contributed by atoms with Crippen molar-refractivity contribution in [1.82, 2.24) is 0 Å². The van der Waals surface area contributed by atoms with Gasteiger partial charge in [-0.05, 0) is 55.3 Å². The Kier molecular flexibility index (Phi) is 7.08. The maximum absolute atomic E-state index is 6.12. The lowest BCUT2D eigenvalue weighted by molar-refractivity contribution is 0.309. The fraction of sp³-hybridized carbons (Fsp3) is 0.368. The van der Waals surface area contributed by atoms with Crippen LogP contribution in [-0.2, 0) is 0 Å². The number of benzene rings is 2. The summed E-state index contributed by atoms with van der Waals surface area (Å²) in [6.07, 6.45) is 2.24. The molecule has 0 spiro atoms. The van der Waals surface area contributed by atoms with Crippen molar-refractivity contribution in [3.63, 3.8) is 0 Å². The van der Waals surface area contributed by atoms with Crippen molar-refractivity contribution >= 4 is 23.0 Å². The van der Waals surface area contributed by atoms with Crippen LogP contribution >= 0.6 is 11.6 Å². The normalized spacial score (nSPS) is 10.4. The zero-order valence-electron chi connectivity index (χ0n) is 13.9. The molecule has 2 aromatic carbocycles. The van der Waals surface area contributed by atoms with Crippen molar-refractivity contribution in [3.05, 3.63) is 53.1 Å². The van der Waals surface area contributed by atoms with Gasteiger partial charge in [-0.15, -0.1) is 0 Å². The molecule has 0 aliphatic heterocycles. The van der Waals surface area contributed by atoms with E-state index in [9.17, 15) is 0 Å². The minimum atomic E-state index is 0.784. The average molecular weight is 333 g/mol. The fourth-order valence-electron chi connectivity index (χ4n) is 2.12. The van der Waals surface area contributed by atoms with Gasteiger partial charge in [0.25, 0.3) is 0 Å². The lowest BCUT2D eigenvalue weighted by atomic mass is 10.2. The van der Waals surface area contributed by atoms with Crippen molar-refractivity contribution in [2.24, 2.45) is 0 Å². The summed E-state index contributed by atoms with van der Waals surface area (Å²) in [6.45, 7) is 6.61. The highest BCUT2D eigenvalue weighted by Crippen LogP contribution is 2.20. The Balaban J connectivity index is 1.70. The maximum Gasteiger partial charge on any atom is 0.119 e. The van der Waals surface area contributed by atoms with E-state index in [1.165, 1.54) is 0 Å². The molecular weight excluding hydrogens is 308 g/mol. The molecule has 0 heterocycles. The van der Waals surface area contributed by atoms with Gasteiger partial charge in [-0.2, -0.15) is 0 Å². The lowest BCUT2D eigenvalue weighted by Gasteiger charge is -2.11. The lowest BCUT2D eigenvalue weighted by Crippen LogP contribution is -2.13. The number of halogens is 1. The summed E-state index contributed by atoms with van der Waals surface area (Å²) in [7, 11) is 0. The molecule has 124 valence electrons. The quantitative estimate of drug-likeness (QED) is 0.607. The minimum Gasteiger partial charge on any atom is -0.494 e. The van der Waals surface area contributed by atoms with Crippen LogP contribution in [0.3, 0.4) is 0 Å². The molecule has 2 rings (SSSR count). The summed E-state index contributed by atoms with van der Waals surface area (Å²) in [5, 5.41) is 7.53. The molecule has 0 aromatic heterocycles. The van der Waals surface area contributed by atoms with E-state index in [1.54, 1.807) is 0 Å². The molecule has 0 unspecified atom stereocenters. The third-order valence-corrected chi connectivity index (χ3v) is 3.98. The largest absolute Gasteiger partial charge is 0.494 e. The highest BCUT2D eigenvalue weighted by atomic mass is 35.5. The van der Waals surface area contributed by atoms with Gasteiger partial charge in [0.1, 0.15) is 5.75 Å². The number of hydrogen-bond acceptors (Lipinski definition) is 3. The second-order valence-corrected chi connectivity index (χ2v) is 5.95. The summed E-state index contributed by atoms with van der Waals surface area (Å²) in [5.74, 6) is 0.927. The summed E-state index contributed by atoms with van der Waals surface area (Å²) < 4.78 is 5.65. The molecule has 0 amide bonds. The van der Waals surface area contributed by atoms with Crippen LogP contribution in [0.2, 0.25) is 5.02 Å². The Bertz CT molecular complexity index is 599. The van der Waals surface area contributed by atoms with Crippen molar-refractivity contribution in [3.8, 4) is 5.75 Å². The van der Waals surface area contributed by atoms with E-state index in [4.69, 9.17) is 16.3 Å². The standard InChI is InChI=1S/C19H25ClN2O/c1-3-4-13-23-18-9-7-16(8-10-18)21-11-12-22-17-6-5-15(2)19(20)14-17/h5-10,14,21-22H,3-4,11-13H2,1-2H3. The van der Waals surface area contributed by atoms with E-state index in [-0.39, 0.29) is 0 Å². The zero-order chi connectivity index (χ0) is 16.5. The first-order chi connectivity index (χ1) is 11.2. The van der Waals surface area contributed by atoms with E-state index in [2.05, 4.69) is 17.6 Å². The van der Waals surface area contributed by atoms with Crippen molar-refractivity contribution < 1.29 is 4.74 Å². The molecule has 2 N–H and O–H groups in total. The van der Waals surface area contributed by atoms with Gasteiger partial charge in [0, 0.05) is 29.5 Å². The number of anilines is 2. The third-order valence-electron chi connectivity index (χ3n) is 3.58. The third kappa shape index (κ3) is 6.03. The highest BCUT2D eigenvalue weighted by Gasteiger charge is 1.98. The molecule has 0 aliphatic carbocycles. The van der Waals surface area contributed by atoms with Crippen molar-refractivity contribution in [2.75, 3.05) is 30.3 Å². The number of aryl methyl sites for hydroxylation is 1. The van der Waals surface area contributed by atoms with Crippen molar-refractivity contribution in [2.45, 2.75) is 26.7 Å². The minimum absolute atomic E-state index is 0.784. The molecule has 0 radical (unpaired) electrons. The summed E-state index contributed by atoms with van der Waals surface area (Å²) >= 11 is 6.12. The topological polar surface area (TPSA) is 33.3 Å². The number of nitrogens with one attached hydrogen (secondary N) is 2. The molecule has 2 aromatic rings. The molecule has 3 nitrogen and oxygen atoms in total. The predicted molar refractivity (Wildman–Crippen MR) is 100 cm³/mol. The Morgan fingerprint density at radius 2 is 1.61 bits per heavy atom. The van der Waals surface area contributed by atoms with Gasteiger partial charge in [0.15, 0.2) is 0 Å². The Labute approximate surface area is 144 Å². The van der Waals surface area contributed by atoms with Gasteiger partial charge in [-0.3, -0.25) is 0 Å². The molecule has 0 fully saturated rings. The molecule has 0 aliphatic rings. The maximum atomic E-state index is 6.12. The van der Waals surface area contributed by atoms with Gasteiger partial charge in [-0.25, -0.2) is 0 Å². The van der Waals surface area contributed by atoms with E-state index < -0.39 is 0 Å². The van der Waals surface area contributed by atoms with E-state index in [1.807, 2.05) is 49.4 Å². The number of unbranched alkanes of at least 4 members (excludes halogenated alkanes) is 1. The van der Waals surface area contributed by atoms with E-state index in [0.29, 0.717) is 0 Å². The van der Waals surface area contributed by atoms with Crippen LogP contribution in [0.4, 0.5) is 11.4 Å². The van der Waals surface area contributed by atoms with E-state index >= 15 is 0 Å². The van der Waals surface area contributed by atoms with Gasteiger partial charge in [0.2, 0.25) is 0 Å². The van der Waals surface area contributed by atoms with Crippen LogP contribution in [-0.4, -0.2) is 19.7 Å². The van der Waals surface area contributed by atoms with Crippen LogP contribution in [0, 0.1) is 6.92 Å². The Hall–Kier alpha value is -1.87. The molecular formula is C19H25ClN2O. The number of rotatable bonds is 9. The van der Waals surface area contributed by atoms with Gasteiger partial charge in [0.05, 0.1) is 6.61 Å². The number of ether oxygens (including phenoxy) is 1. The first kappa shape index (κ1) is 17.5. The molecule has 0 saturated heterocycles. The van der Waals surface area contributed by atoms with Crippen LogP contribution in [0.5, 0.6) is 5.75 Å². The fourth-order valence-corrected chi connectivity index (χ4v) is 2.30. The van der Waals surface area contributed by atoms with E-state index in [0.717, 1.165) is 60.2 Å². The molecule has 23 heavy (non-hydrogen) atoms. The van der Waals surface area contributed by atoms with Crippen molar-refractivity contribution in [1.29, 1.82) is 0 Å². The molecule has 0 bridgehead atoms. The van der Waals surface area contributed by atoms with Crippen LogP contribution < -0.4 is 15.4 Å². The van der Waals surface area contributed by atoms with Crippen LogP contribution in [0.1, 0.15) is 25.3 Å². The average Bonchev–Trinajstić information content (AvgIpc) is 2.56. The highest BCUT2D eigenvalue weighted by molar-refractivity contribution is 6.31.